The van der Waals surface area contributed by atoms with E-state index >= 15 is 0 Å². The van der Waals surface area contributed by atoms with Crippen LogP contribution in [0.3, 0.4) is 0 Å². The van der Waals surface area contributed by atoms with E-state index in [4.69, 9.17) is 30.3 Å². The van der Waals surface area contributed by atoms with E-state index in [-0.39, 0.29) is 22.4 Å². The summed E-state index contributed by atoms with van der Waals surface area (Å²) in [5, 5.41) is 15.0. The highest BCUT2D eigenvalue weighted by atomic mass is 35.5. The van der Waals surface area contributed by atoms with Gasteiger partial charge in [-0.3, -0.25) is 10.1 Å². The summed E-state index contributed by atoms with van der Waals surface area (Å²) < 4.78 is 21.3. The monoisotopic (exact) mass is 391 g/mol. The summed E-state index contributed by atoms with van der Waals surface area (Å²) in [6.07, 6.45) is 0. The van der Waals surface area contributed by atoms with Crippen molar-refractivity contribution in [1.29, 1.82) is 0 Å². The Morgan fingerprint density at radius 1 is 1.07 bits per heavy atom. The van der Waals surface area contributed by atoms with E-state index in [9.17, 15) is 10.1 Å². The van der Waals surface area contributed by atoms with Crippen molar-refractivity contribution in [3.05, 3.63) is 45.5 Å². The van der Waals surface area contributed by atoms with Crippen LogP contribution < -0.4 is 14.2 Å². The zero-order valence-corrected chi connectivity index (χ0v) is 15.3. The highest BCUT2D eigenvalue weighted by Gasteiger charge is 2.22. The Morgan fingerprint density at radius 3 is 2.44 bits per heavy atom. The number of nitro benzene ring substituents is 1. The molecule has 27 heavy (non-hydrogen) atoms. The molecule has 0 aliphatic carbocycles. The minimum absolute atomic E-state index is 0.0186. The number of ether oxygens (including phenoxy) is 3. The van der Waals surface area contributed by atoms with Gasteiger partial charge < -0.3 is 18.7 Å². The lowest BCUT2D eigenvalue weighted by atomic mass is 10.1. The van der Waals surface area contributed by atoms with Crippen LogP contribution in [0, 0.1) is 10.1 Å². The molecule has 1 aromatic heterocycles. The van der Waals surface area contributed by atoms with Gasteiger partial charge >= 0.3 is 0 Å². The predicted octanol–water partition coefficient (Wildman–Crippen LogP) is 3.99. The molecule has 10 heteroatoms. The Labute approximate surface area is 158 Å². The molecule has 0 atom stereocenters. The minimum Gasteiger partial charge on any atom is -0.493 e. The molecule has 1 heterocycles. The summed E-state index contributed by atoms with van der Waals surface area (Å²) in [4.78, 5) is 14.8. The van der Waals surface area contributed by atoms with Crippen LogP contribution in [-0.2, 0) is 0 Å². The first-order valence-electron chi connectivity index (χ1n) is 7.57. The van der Waals surface area contributed by atoms with Gasteiger partial charge in [-0.2, -0.15) is 4.98 Å². The van der Waals surface area contributed by atoms with E-state index < -0.39 is 4.92 Å². The van der Waals surface area contributed by atoms with Gasteiger partial charge in [0.15, 0.2) is 11.5 Å². The number of nitrogens with zero attached hydrogens (tertiary/aromatic N) is 3. The van der Waals surface area contributed by atoms with Crippen molar-refractivity contribution in [2.45, 2.75) is 0 Å². The van der Waals surface area contributed by atoms with Crippen molar-refractivity contribution in [2.24, 2.45) is 0 Å². The number of aromatic nitrogens is 2. The Bertz CT molecular complexity index is 1000. The Hall–Kier alpha value is -3.33. The summed E-state index contributed by atoms with van der Waals surface area (Å²) in [5.74, 6) is 1.55. The van der Waals surface area contributed by atoms with Crippen LogP contribution in [0.5, 0.6) is 17.2 Å². The van der Waals surface area contributed by atoms with Crippen LogP contribution in [0.4, 0.5) is 5.69 Å². The predicted molar refractivity (Wildman–Crippen MR) is 96.5 cm³/mol. The summed E-state index contributed by atoms with van der Waals surface area (Å²) >= 11 is 5.83. The average molecular weight is 392 g/mol. The molecule has 0 unspecified atom stereocenters. The standard InChI is InChI=1S/C17H14ClN3O6/c1-24-13-7-5-10(14(25-2)15(13)26-3)16-19-17(27-20-16)9-4-6-11(18)12(8-9)21(22)23/h4-8H,1-3H3. The molecule has 0 aliphatic heterocycles. The van der Waals surface area contributed by atoms with Gasteiger partial charge in [0, 0.05) is 11.6 Å². The van der Waals surface area contributed by atoms with Crippen molar-refractivity contribution < 1.29 is 23.7 Å². The van der Waals surface area contributed by atoms with Crippen molar-refractivity contribution in [3.8, 4) is 40.1 Å². The van der Waals surface area contributed by atoms with Crippen LogP contribution in [0.1, 0.15) is 0 Å². The molecule has 9 nitrogen and oxygen atoms in total. The Kier molecular flexibility index (Phi) is 5.13. The smallest absolute Gasteiger partial charge is 0.288 e. The molecule has 0 radical (unpaired) electrons. The first kappa shape index (κ1) is 18.5. The SMILES string of the molecule is COc1ccc(-c2noc(-c3ccc(Cl)c([N+](=O)[O-])c3)n2)c(OC)c1OC. The van der Waals surface area contributed by atoms with Gasteiger partial charge in [0.1, 0.15) is 5.02 Å². The van der Waals surface area contributed by atoms with Crippen molar-refractivity contribution in [3.63, 3.8) is 0 Å². The number of halogens is 1. The van der Waals surface area contributed by atoms with Gasteiger partial charge in [0.05, 0.1) is 31.8 Å². The lowest BCUT2D eigenvalue weighted by molar-refractivity contribution is -0.384. The summed E-state index contributed by atoms with van der Waals surface area (Å²) in [5.41, 5.74) is 0.621. The molecule has 0 fully saturated rings. The van der Waals surface area contributed by atoms with Crippen LogP contribution in [0.25, 0.3) is 22.8 Å². The molecule has 0 aliphatic rings. The second-order valence-corrected chi connectivity index (χ2v) is 5.64. The summed E-state index contributed by atoms with van der Waals surface area (Å²) in [6, 6.07) is 7.60. The molecular weight excluding hydrogens is 378 g/mol. The molecule has 3 aromatic rings. The first-order valence-corrected chi connectivity index (χ1v) is 7.95. The van der Waals surface area contributed by atoms with E-state index in [2.05, 4.69) is 10.1 Å². The average Bonchev–Trinajstić information content (AvgIpc) is 3.16. The molecule has 0 saturated heterocycles. The fourth-order valence-corrected chi connectivity index (χ4v) is 2.70. The van der Waals surface area contributed by atoms with E-state index in [0.29, 0.717) is 28.4 Å². The Morgan fingerprint density at radius 2 is 1.81 bits per heavy atom. The molecule has 2 aromatic carbocycles. The van der Waals surface area contributed by atoms with Gasteiger partial charge in [-0.05, 0) is 24.3 Å². The number of methoxy groups -OCH3 is 3. The molecule has 140 valence electrons. The quantitative estimate of drug-likeness (QED) is 0.458. The number of benzene rings is 2. The van der Waals surface area contributed by atoms with Gasteiger partial charge in [-0.1, -0.05) is 16.8 Å². The largest absolute Gasteiger partial charge is 0.493 e. The number of hydrogen-bond donors (Lipinski definition) is 0. The van der Waals surface area contributed by atoms with Gasteiger partial charge in [0.25, 0.3) is 11.6 Å². The van der Waals surface area contributed by atoms with Gasteiger partial charge in [0.2, 0.25) is 11.6 Å². The molecule has 0 spiro atoms. The fraction of sp³-hybridized carbons (Fsp3) is 0.176. The first-order chi connectivity index (χ1) is 13.0. The fourth-order valence-electron chi connectivity index (χ4n) is 2.51. The number of hydrogen-bond acceptors (Lipinski definition) is 8. The van der Waals surface area contributed by atoms with Gasteiger partial charge in [-0.25, -0.2) is 0 Å². The minimum atomic E-state index is -0.583. The molecule has 0 amide bonds. The molecule has 0 N–H and O–H groups in total. The maximum atomic E-state index is 11.1. The second-order valence-electron chi connectivity index (χ2n) is 5.23. The van der Waals surface area contributed by atoms with Crippen LogP contribution in [0.15, 0.2) is 34.9 Å². The van der Waals surface area contributed by atoms with Crippen molar-refractivity contribution >= 4 is 17.3 Å². The summed E-state index contributed by atoms with van der Waals surface area (Å²) in [6.45, 7) is 0. The third kappa shape index (κ3) is 3.36. The van der Waals surface area contributed by atoms with Crippen LogP contribution in [-0.4, -0.2) is 36.4 Å². The highest BCUT2D eigenvalue weighted by Crippen LogP contribution is 2.43. The zero-order chi connectivity index (χ0) is 19.6. The third-order valence-electron chi connectivity index (χ3n) is 3.76. The van der Waals surface area contributed by atoms with E-state index in [0.717, 1.165) is 0 Å². The molecule has 3 rings (SSSR count). The molecule has 0 saturated carbocycles. The second kappa shape index (κ2) is 7.50. The Balaban J connectivity index is 2.07. The van der Waals surface area contributed by atoms with Crippen molar-refractivity contribution in [2.75, 3.05) is 21.3 Å². The number of rotatable bonds is 6. The van der Waals surface area contributed by atoms with E-state index in [1.165, 1.54) is 33.5 Å². The normalized spacial score (nSPS) is 10.5. The molecule has 0 bridgehead atoms. The van der Waals surface area contributed by atoms with Crippen molar-refractivity contribution in [1.82, 2.24) is 10.1 Å². The number of nitro groups is 1. The maximum absolute atomic E-state index is 11.1. The molecular formula is C17H14ClN3O6. The maximum Gasteiger partial charge on any atom is 0.288 e. The zero-order valence-electron chi connectivity index (χ0n) is 14.6. The van der Waals surface area contributed by atoms with Crippen LogP contribution >= 0.6 is 11.6 Å². The van der Waals surface area contributed by atoms with E-state index in [1.54, 1.807) is 18.2 Å². The third-order valence-corrected chi connectivity index (χ3v) is 4.08. The highest BCUT2D eigenvalue weighted by molar-refractivity contribution is 6.32. The van der Waals surface area contributed by atoms with Crippen LogP contribution in [0.2, 0.25) is 5.02 Å². The lowest BCUT2D eigenvalue weighted by Crippen LogP contribution is -1.97. The lowest BCUT2D eigenvalue weighted by Gasteiger charge is -2.13. The van der Waals surface area contributed by atoms with Gasteiger partial charge in [-0.15, -0.1) is 0 Å². The topological polar surface area (TPSA) is 110 Å². The van der Waals surface area contributed by atoms with E-state index in [1.807, 2.05) is 0 Å². The summed E-state index contributed by atoms with van der Waals surface area (Å²) in [7, 11) is 4.47.